The second-order valence-corrected chi connectivity index (χ2v) is 6.31. The number of hydrogen-bond acceptors (Lipinski definition) is 2. The minimum atomic E-state index is -0.682. The van der Waals surface area contributed by atoms with Gasteiger partial charge in [0.2, 0.25) is 5.91 Å². The van der Waals surface area contributed by atoms with Crippen LogP contribution in [0.1, 0.15) is 36.4 Å². The van der Waals surface area contributed by atoms with E-state index in [1.807, 2.05) is 30.3 Å². The number of piperidine rings is 1. The topological polar surface area (TPSA) is 49.4 Å². The first kappa shape index (κ1) is 17.1. The lowest BCUT2D eigenvalue weighted by Crippen LogP contribution is -2.43. The molecule has 0 aromatic heterocycles. The highest BCUT2D eigenvalue weighted by atomic mass is 19.1. The largest absolute Gasteiger partial charge is 0.327 e. The molecule has 0 spiro atoms. The monoisotopic (exact) mass is 340 g/mol. The predicted molar refractivity (Wildman–Crippen MR) is 94.5 cm³/mol. The van der Waals surface area contributed by atoms with Crippen molar-refractivity contribution in [1.29, 1.82) is 0 Å². The Morgan fingerprint density at radius 2 is 1.92 bits per heavy atom. The van der Waals surface area contributed by atoms with Crippen molar-refractivity contribution in [2.45, 2.75) is 32.2 Å². The van der Waals surface area contributed by atoms with Gasteiger partial charge in [0.25, 0.3) is 5.91 Å². The summed E-state index contributed by atoms with van der Waals surface area (Å²) in [6, 6.07) is 12.8. The van der Waals surface area contributed by atoms with Gasteiger partial charge in [0, 0.05) is 18.7 Å². The van der Waals surface area contributed by atoms with Crippen molar-refractivity contribution in [3.63, 3.8) is 0 Å². The first-order chi connectivity index (χ1) is 12.1. The zero-order valence-corrected chi connectivity index (χ0v) is 14.2. The van der Waals surface area contributed by atoms with Crippen LogP contribution >= 0.6 is 0 Å². The summed E-state index contributed by atoms with van der Waals surface area (Å²) in [5.41, 5.74) is 1.97. The van der Waals surface area contributed by atoms with Gasteiger partial charge in [-0.25, -0.2) is 4.39 Å². The zero-order chi connectivity index (χ0) is 17.8. The molecule has 1 fully saturated rings. The molecule has 1 aliphatic heterocycles. The number of carbonyl (C=O) groups excluding carboxylic acids is 2. The van der Waals surface area contributed by atoms with E-state index in [4.69, 9.17) is 0 Å². The second kappa shape index (κ2) is 7.47. The van der Waals surface area contributed by atoms with Gasteiger partial charge in [0.1, 0.15) is 11.9 Å². The number of rotatable bonds is 4. The molecule has 25 heavy (non-hydrogen) atoms. The number of nitrogens with one attached hydrogen (secondary N) is 1. The summed E-state index contributed by atoms with van der Waals surface area (Å²) in [5, 5.41) is 2.85. The van der Waals surface area contributed by atoms with Crippen LogP contribution in [0.15, 0.2) is 48.5 Å². The Bertz CT molecular complexity index is 777. The van der Waals surface area contributed by atoms with E-state index in [1.54, 1.807) is 17.9 Å². The lowest BCUT2D eigenvalue weighted by Gasteiger charge is -2.34. The third kappa shape index (κ3) is 3.87. The third-order valence-corrected chi connectivity index (χ3v) is 4.48. The fourth-order valence-electron chi connectivity index (χ4n) is 3.18. The number of aryl methyl sites for hydroxylation is 1. The van der Waals surface area contributed by atoms with Gasteiger partial charge >= 0.3 is 0 Å². The number of benzene rings is 2. The third-order valence-electron chi connectivity index (χ3n) is 4.48. The number of nitrogens with zero attached hydrogens (tertiary/aromatic N) is 1. The Labute approximate surface area is 146 Å². The van der Waals surface area contributed by atoms with E-state index in [9.17, 15) is 14.0 Å². The van der Waals surface area contributed by atoms with Gasteiger partial charge in [-0.05, 0) is 49.1 Å². The highest BCUT2D eigenvalue weighted by molar-refractivity contribution is 5.98. The maximum atomic E-state index is 13.3. The van der Waals surface area contributed by atoms with Crippen molar-refractivity contribution >= 4 is 17.5 Å². The minimum absolute atomic E-state index is 0.00826. The van der Waals surface area contributed by atoms with E-state index in [0.717, 1.165) is 18.4 Å². The molecule has 0 unspecified atom stereocenters. The van der Waals surface area contributed by atoms with Gasteiger partial charge in [-0.1, -0.05) is 30.3 Å². The number of hydrogen-bond donors (Lipinski definition) is 1. The number of halogens is 1. The molecule has 4 nitrogen and oxygen atoms in total. The molecule has 2 aromatic carbocycles. The average molecular weight is 340 g/mol. The van der Waals surface area contributed by atoms with Crippen molar-refractivity contribution in [2.24, 2.45) is 0 Å². The lowest BCUT2D eigenvalue weighted by molar-refractivity contribution is -0.141. The number of amides is 2. The van der Waals surface area contributed by atoms with Crippen LogP contribution in [0.3, 0.4) is 0 Å². The fourth-order valence-corrected chi connectivity index (χ4v) is 3.18. The molecule has 1 heterocycles. The maximum absolute atomic E-state index is 13.3. The van der Waals surface area contributed by atoms with Crippen molar-refractivity contribution in [2.75, 3.05) is 11.9 Å². The standard InChI is InChI=1S/C20H21FN2O2/c1-14-13-16(21)10-11-17(14)22-20(25)19(15-7-3-2-4-8-15)23-12-6-5-9-18(23)24/h2-4,7-8,10-11,13,19H,5-6,9,12H2,1H3,(H,22,25)/t19-/m1/s1. The van der Waals surface area contributed by atoms with E-state index < -0.39 is 6.04 Å². The summed E-state index contributed by atoms with van der Waals surface area (Å²) in [4.78, 5) is 27.0. The number of carbonyl (C=O) groups is 2. The molecule has 2 amide bonds. The van der Waals surface area contributed by atoms with Gasteiger partial charge in [-0.2, -0.15) is 0 Å². The molecule has 1 N–H and O–H groups in total. The van der Waals surface area contributed by atoms with Crippen LogP contribution < -0.4 is 5.32 Å². The minimum Gasteiger partial charge on any atom is -0.327 e. The molecule has 1 aliphatic rings. The number of likely N-dealkylation sites (tertiary alicyclic amines) is 1. The Hall–Kier alpha value is -2.69. The molecule has 1 saturated heterocycles. The zero-order valence-electron chi connectivity index (χ0n) is 14.2. The normalized spacial score (nSPS) is 15.8. The first-order valence-electron chi connectivity index (χ1n) is 8.47. The molecule has 130 valence electrons. The van der Waals surface area contributed by atoms with E-state index >= 15 is 0 Å². The van der Waals surface area contributed by atoms with Crippen LogP contribution in [0.25, 0.3) is 0 Å². The van der Waals surface area contributed by atoms with Crippen LogP contribution in [0.2, 0.25) is 0 Å². The molecule has 0 radical (unpaired) electrons. The van der Waals surface area contributed by atoms with Crippen LogP contribution in [0, 0.1) is 12.7 Å². The van der Waals surface area contributed by atoms with Gasteiger partial charge in [-0.15, -0.1) is 0 Å². The predicted octanol–water partition coefficient (Wildman–Crippen LogP) is 3.83. The average Bonchev–Trinajstić information content (AvgIpc) is 2.60. The molecule has 3 rings (SSSR count). The molecular formula is C20H21FN2O2. The lowest BCUT2D eigenvalue weighted by atomic mass is 10.00. The molecule has 0 bridgehead atoms. The van der Waals surface area contributed by atoms with E-state index in [-0.39, 0.29) is 17.6 Å². The van der Waals surface area contributed by atoms with Crippen LogP contribution in [-0.2, 0) is 9.59 Å². The Morgan fingerprint density at radius 3 is 2.60 bits per heavy atom. The quantitative estimate of drug-likeness (QED) is 0.920. The summed E-state index contributed by atoms with van der Waals surface area (Å²) in [6.45, 7) is 2.30. The summed E-state index contributed by atoms with van der Waals surface area (Å²) < 4.78 is 13.3. The molecule has 0 aliphatic carbocycles. The fraction of sp³-hybridized carbons (Fsp3) is 0.300. The Kier molecular flexibility index (Phi) is 5.12. The molecular weight excluding hydrogens is 319 g/mol. The highest BCUT2D eigenvalue weighted by Crippen LogP contribution is 2.27. The van der Waals surface area contributed by atoms with Crippen molar-refractivity contribution in [1.82, 2.24) is 4.90 Å². The molecule has 1 atom stereocenters. The molecule has 2 aromatic rings. The van der Waals surface area contributed by atoms with Crippen molar-refractivity contribution in [3.05, 3.63) is 65.5 Å². The van der Waals surface area contributed by atoms with Gasteiger partial charge in [-0.3, -0.25) is 9.59 Å². The summed E-state index contributed by atoms with van der Waals surface area (Å²) in [5.74, 6) is -0.636. The van der Waals surface area contributed by atoms with Crippen LogP contribution in [-0.4, -0.2) is 23.3 Å². The van der Waals surface area contributed by atoms with Crippen LogP contribution in [0.4, 0.5) is 10.1 Å². The van der Waals surface area contributed by atoms with Crippen LogP contribution in [0.5, 0.6) is 0 Å². The SMILES string of the molecule is Cc1cc(F)ccc1NC(=O)[C@@H](c1ccccc1)N1CCCCC1=O. The summed E-state index contributed by atoms with van der Waals surface area (Å²) in [7, 11) is 0. The summed E-state index contributed by atoms with van der Waals surface area (Å²) >= 11 is 0. The van der Waals surface area contributed by atoms with Gasteiger partial charge in [0.15, 0.2) is 0 Å². The van der Waals surface area contributed by atoms with Crippen molar-refractivity contribution < 1.29 is 14.0 Å². The van der Waals surface area contributed by atoms with E-state index in [2.05, 4.69) is 5.32 Å². The summed E-state index contributed by atoms with van der Waals surface area (Å²) in [6.07, 6.45) is 2.21. The smallest absolute Gasteiger partial charge is 0.251 e. The second-order valence-electron chi connectivity index (χ2n) is 6.31. The first-order valence-corrected chi connectivity index (χ1v) is 8.47. The maximum Gasteiger partial charge on any atom is 0.251 e. The van der Waals surface area contributed by atoms with Gasteiger partial charge < -0.3 is 10.2 Å². The highest BCUT2D eigenvalue weighted by Gasteiger charge is 2.32. The van der Waals surface area contributed by atoms with E-state index in [0.29, 0.717) is 24.2 Å². The Balaban J connectivity index is 1.90. The van der Waals surface area contributed by atoms with Crippen molar-refractivity contribution in [3.8, 4) is 0 Å². The molecule has 0 saturated carbocycles. The number of anilines is 1. The Morgan fingerprint density at radius 1 is 1.16 bits per heavy atom. The van der Waals surface area contributed by atoms with Gasteiger partial charge in [0.05, 0.1) is 0 Å². The molecule has 5 heteroatoms. The van der Waals surface area contributed by atoms with E-state index in [1.165, 1.54) is 12.1 Å².